The van der Waals surface area contributed by atoms with Crippen LogP contribution >= 0.6 is 0 Å². The third-order valence-electron chi connectivity index (χ3n) is 8.39. The molecule has 0 spiro atoms. The first kappa shape index (κ1) is 34.0. The van der Waals surface area contributed by atoms with Crippen molar-refractivity contribution in [2.24, 2.45) is 17.8 Å². The van der Waals surface area contributed by atoms with E-state index in [-0.39, 0.29) is 0 Å². The van der Waals surface area contributed by atoms with Gasteiger partial charge >= 0.3 is 0 Å². The molecule has 0 amide bonds. The van der Waals surface area contributed by atoms with Gasteiger partial charge < -0.3 is 0 Å². The van der Waals surface area contributed by atoms with E-state index in [0.29, 0.717) is 0 Å². The van der Waals surface area contributed by atoms with E-state index < -0.39 is 0 Å². The zero-order valence-corrected chi connectivity index (χ0v) is 25.1. The van der Waals surface area contributed by atoms with E-state index in [2.05, 4.69) is 34.6 Å². The molecule has 0 aromatic heterocycles. The zero-order chi connectivity index (χ0) is 25.1. The Hall–Kier alpha value is 0. The van der Waals surface area contributed by atoms with Crippen LogP contribution in [0.25, 0.3) is 0 Å². The Morgan fingerprint density at radius 3 is 0.735 bits per heavy atom. The Bertz CT molecular complexity index is 359. The summed E-state index contributed by atoms with van der Waals surface area (Å²) in [5.74, 6) is 2.85. The molecule has 0 bridgehead atoms. The molecule has 206 valence electrons. The highest BCUT2D eigenvalue weighted by molar-refractivity contribution is 4.61. The Morgan fingerprint density at radius 1 is 0.265 bits per heavy atom. The molecular formula is C34H70. The average molecular weight is 479 g/mol. The van der Waals surface area contributed by atoms with E-state index >= 15 is 0 Å². The minimum absolute atomic E-state index is 0.944. The van der Waals surface area contributed by atoms with Crippen molar-refractivity contribution in [3.05, 3.63) is 0 Å². The lowest BCUT2D eigenvalue weighted by molar-refractivity contribution is 0.373. The highest BCUT2D eigenvalue weighted by Gasteiger charge is 2.08. The fourth-order valence-electron chi connectivity index (χ4n) is 5.67. The number of hydrogen-bond donors (Lipinski definition) is 0. The van der Waals surface area contributed by atoms with Crippen LogP contribution in [0.5, 0.6) is 0 Å². The molecule has 0 aromatic carbocycles. The largest absolute Gasteiger partial charge is 0.0654 e. The first-order valence-electron chi connectivity index (χ1n) is 16.6. The maximum Gasteiger partial charge on any atom is -0.0443 e. The molecular weight excluding hydrogens is 408 g/mol. The fraction of sp³-hybridized carbons (Fsp3) is 1.00. The van der Waals surface area contributed by atoms with Gasteiger partial charge in [-0.05, 0) is 17.8 Å². The van der Waals surface area contributed by atoms with Crippen LogP contribution < -0.4 is 0 Å². The lowest BCUT2D eigenvalue weighted by Crippen LogP contribution is -2.01. The Labute approximate surface area is 219 Å². The van der Waals surface area contributed by atoms with Crippen molar-refractivity contribution in [3.8, 4) is 0 Å². The van der Waals surface area contributed by atoms with Gasteiger partial charge in [-0.15, -0.1) is 0 Å². The normalized spacial score (nSPS) is 14.4. The molecule has 0 N–H and O–H groups in total. The van der Waals surface area contributed by atoms with Gasteiger partial charge in [-0.3, -0.25) is 0 Å². The molecule has 0 heterocycles. The third kappa shape index (κ3) is 26.6. The fourth-order valence-corrected chi connectivity index (χ4v) is 5.67. The summed E-state index contributed by atoms with van der Waals surface area (Å²) < 4.78 is 0. The van der Waals surface area contributed by atoms with E-state index in [1.807, 2.05) is 0 Å². The van der Waals surface area contributed by atoms with Gasteiger partial charge in [0, 0.05) is 0 Å². The number of unbranched alkanes of at least 4 members (excludes halogenated alkanes) is 16. The van der Waals surface area contributed by atoms with E-state index in [9.17, 15) is 0 Å². The minimum Gasteiger partial charge on any atom is -0.0654 e. The molecule has 0 aromatic rings. The van der Waals surface area contributed by atoms with Crippen LogP contribution in [0, 0.1) is 17.8 Å². The molecule has 0 aliphatic carbocycles. The van der Waals surface area contributed by atoms with Gasteiger partial charge in [-0.1, -0.05) is 202 Å². The van der Waals surface area contributed by atoms with Crippen LogP contribution in [0.4, 0.5) is 0 Å². The maximum absolute atomic E-state index is 2.51. The first-order valence-corrected chi connectivity index (χ1v) is 16.6. The van der Waals surface area contributed by atoms with Crippen molar-refractivity contribution < 1.29 is 0 Å². The molecule has 3 unspecified atom stereocenters. The molecule has 0 fully saturated rings. The quantitative estimate of drug-likeness (QED) is 0.0980. The summed E-state index contributed by atoms with van der Waals surface area (Å²) in [6, 6.07) is 0. The van der Waals surface area contributed by atoms with Crippen LogP contribution in [0.1, 0.15) is 202 Å². The van der Waals surface area contributed by atoms with Crippen molar-refractivity contribution in [1.29, 1.82) is 0 Å². The summed E-state index contributed by atoms with van der Waals surface area (Å²) >= 11 is 0. The predicted octanol–water partition coefficient (Wildman–Crippen LogP) is 13.1. The molecule has 0 rings (SSSR count). The molecule has 0 heteroatoms. The van der Waals surface area contributed by atoms with Gasteiger partial charge in [0.25, 0.3) is 0 Å². The van der Waals surface area contributed by atoms with Crippen molar-refractivity contribution in [2.75, 3.05) is 0 Å². The summed E-state index contributed by atoms with van der Waals surface area (Å²) in [4.78, 5) is 0. The van der Waals surface area contributed by atoms with Crippen LogP contribution in [0.2, 0.25) is 0 Å². The molecule has 0 nitrogen and oxygen atoms in total. The molecule has 0 aliphatic rings. The second kappa shape index (κ2) is 27.6. The van der Waals surface area contributed by atoms with Crippen molar-refractivity contribution in [2.45, 2.75) is 202 Å². The van der Waals surface area contributed by atoms with E-state index in [1.54, 1.807) is 0 Å². The van der Waals surface area contributed by atoms with Crippen LogP contribution in [-0.2, 0) is 0 Å². The van der Waals surface area contributed by atoms with Gasteiger partial charge in [0.1, 0.15) is 0 Å². The topological polar surface area (TPSA) is 0 Å². The Kier molecular flexibility index (Phi) is 27.6. The number of hydrogen-bond acceptors (Lipinski definition) is 0. The molecule has 0 saturated heterocycles. The Morgan fingerprint density at radius 2 is 0.471 bits per heavy atom. The predicted molar refractivity (Wildman–Crippen MR) is 159 cm³/mol. The minimum atomic E-state index is 0.944. The summed E-state index contributed by atoms with van der Waals surface area (Å²) in [5.41, 5.74) is 0. The standard InChI is InChI=1S/C34H70/c1-6-8-10-12-14-16-17-19-21-23-27-33(4)29-25-31-34(5)30-24-28-32(3)26-22-20-18-15-13-11-9-7-2/h32-34H,6-31H2,1-5H3. The van der Waals surface area contributed by atoms with Crippen molar-refractivity contribution in [3.63, 3.8) is 0 Å². The molecule has 0 saturated carbocycles. The highest BCUT2D eigenvalue weighted by atomic mass is 14.1. The van der Waals surface area contributed by atoms with Gasteiger partial charge in [-0.25, -0.2) is 0 Å². The SMILES string of the molecule is CCCCCCCCCCCCC(C)CCCC(C)CCCC(C)CCCCCCCCCC. The summed E-state index contributed by atoms with van der Waals surface area (Å²) in [6.45, 7) is 12.1. The lowest BCUT2D eigenvalue weighted by atomic mass is 9.90. The molecule has 0 radical (unpaired) electrons. The molecule has 3 atom stereocenters. The van der Waals surface area contributed by atoms with Gasteiger partial charge in [-0.2, -0.15) is 0 Å². The van der Waals surface area contributed by atoms with E-state index in [0.717, 1.165) is 17.8 Å². The van der Waals surface area contributed by atoms with Gasteiger partial charge in [0.05, 0.1) is 0 Å². The molecule has 0 aliphatic heterocycles. The van der Waals surface area contributed by atoms with Crippen molar-refractivity contribution in [1.82, 2.24) is 0 Å². The van der Waals surface area contributed by atoms with Crippen LogP contribution in [0.15, 0.2) is 0 Å². The van der Waals surface area contributed by atoms with Crippen LogP contribution in [0.3, 0.4) is 0 Å². The molecule has 34 heavy (non-hydrogen) atoms. The van der Waals surface area contributed by atoms with Crippen molar-refractivity contribution >= 4 is 0 Å². The average Bonchev–Trinajstić information content (AvgIpc) is 2.82. The summed E-state index contributed by atoms with van der Waals surface area (Å²) in [6.07, 6.45) is 38.0. The van der Waals surface area contributed by atoms with Gasteiger partial charge in [0.15, 0.2) is 0 Å². The lowest BCUT2D eigenvalue weighted by Gasteiger charge is -2.16. The monoisotopic (exact) mass is 479 g/mol. The third-order valence-corrected chi connectivity index (χ3v) is 8.39. The smallest absolute Gasteiger partial charge is 0.0443 e. The summed E-state index contributed by atoms with van der Waals surface area (Å²) in [5, 5.41) is 0. The van der Waals surface area contributed by atoms with Gasteiger partial charge in [0.2, 0.25) is 0 Å². The Balaban J connectivity index is 3.40. The van der Waals surface area contributed by atoms with E-state index in [1.165, 1.54) is 167 Å². The van der Waals surface area contributed by atoms with E-state index in [4.69, 9.17) is 0 Å². The number of rotatable bonds is 28. The highest BCUT2D eigenvalue weighted by Crippen LogP contribution is 2.23. The zero-order valence-electron chi connectivity index (χ0n) is 25.1. The summed E-state index contributed by atoms with van der Waals surface area (Å²) in [7, 11) is 0. The first-order chi connectivity index (χ1) is 16.6. The second-order valence-electron chi connectivity index (χ2n) is 12.4. The maximum atomic E-state index is 2.51. The second-order valence-corrected chi connectivity index (χ2v) is 12.4. The van der Waals surface area contributed by atoms with Crippen LogP contribution in [-0.4, -0.2) is 0 Å².